The van der Waals surface area contributed by atoms with Gasteiger partial charge in [-0.3, -0.25) is 4.79 Å². The van der Waals surface area contributed by atoms with Gasteiger partial charge in [0.1, 0.15) is 11.6 Å². The number of carboxylic acids is 1. The van der Waals surface area contributed by atoms with Gasteiger partial charge in [-0.15, -0.1) is 0 Å². The summed E-state index contributed by atoms with van der Waals surface area (Å²) in [7, 11) is 0. The number of anilines is 1. The molecule has 1 aromatic carbocycles. The minimum Gasteiger partial charge on any atom is -0.481 e. The molecule has 3 heterocycles. The van der Waals surface area contributed by atoms with E-state index in [2.05, 4.69) is 25.2 Å². The number of aryl methyl sites for hydroxylation is 2. The SMILES string of the molecule is O=C(O)CC(Cc1nc(CCCc2cc(OC(=O)C(F)(F)F)c3c(n2)NCCC3)no1)c1ccc(Cl)c(Cl)c1. The Morgan fingerprint density at radius 1 is 1.15 bits per heavy atom. The lowest BCUT2D eigenvalue weighted by atomic mass is 9.92. The van der Waals surface area contributed by atoms with Crippen LogP contribution >= 0.6 is 23.2 Å². The van der Waals surface area contributed by atoms with E-state index in [0.717, 1.165) is 0 Å². The van der Waals surface area contributed by atoms with Gasteiger partial charge < -0.3 is 19.7 Å². The lowest BCUT2D eigenvalue weighted by Gasteiger charge is -2.21. The molecule has 0 amide bonds. The molecule has 1 aliphatic rings. The highest BCUT2D eigenvalue weighted by Gasteiger charge is 2.42. The molecule has 1 unspecified atom stereocenters. The zero-order valence-electron chi connectivity index (χ0n) is 20.4. The number of ether oxygens (including phenoxy) is 1. The number of hydrogen-bond acceptors (Lipinski definition) is 8. The number of hydrogen-bond donors (Lipinski definition) is 2. The number of carboxylic acid groups (broad SMARTS) is 1. The number of benzene rings is 1. The Bertz CT molecular complexity index is 1370. The van der Waals surface area contributed by atoms with E-state index < -0.39 is 24.0 Å². The van der Waals surface area contributed by atoms with Crippen molar-refractivity contribution in [1.29, 1.82) is 0 Å². The van der Waals surface area contributed by atoms with Crippen molar-refractivity contribution < 1.29 is 37.1 Å². The van der Waals surface area contributed by atoms with Gasteiger partial charge in [0.05, 0.1) is 16.5 Å². The summed E-state index contributed by atoms with van der Waals surface area (Å²) >= 11 is 12.1. The van der Waals surface area contributed by atoms with Crippen LogP contribution in [0.2, 0.25) is 10.0 Å². The Morgan fingerprint density at radius 2 is 1.95 bits per heavy atom. The number of carbonyl (C=O) groups is 2. The molecule has 0 saturated heterocycles. The van der Waals surface area contributed by atoms with Gasteiger partial charge in [0.2, 0.25) is 5.89 Å². The number of aromatic nitrogens is 3. The predicted molar refractivity (Wildman–Crippen MR) is 134 cm³/mol. The molecule has 0 fully saturated rings. The van der Waals surface area contributed by atoms with Gasteiger partial charge in [-0.1, -0.05) is 34.4 Å². The third-order valence-electron chi connectivity index (χ3n) is 6.07. The van der Waals surface area contributed by atoms with Gasteiger partial charge >= 0.3 is 18.1 Å². The summed E-state index contributed by atoms with van der Waals surface area (Å²) < 4.78 is 48.3. The van der Waals surface area contributed by atoms with Crippen molar-refractivity contribution >= 4 is 41.0 Å². The normalized spacial score (nSPS) is 13.9. The predicted octanol–water partition coefficient (Wildman–Crippen LogP) is 5.57. The van der Waals surface area contributed by atoms with E-state index in [1.165, 1.54) is 6.07 Å². The number of pyridine rings is 1. The maximum absolute atomic E-state index is 12.8. The first-order valence-electron chi connectivity index (χ1n) is 12.0. The van der Waals surface area contributed by atoms with Crippen LogP contribution < -0.4 is 10.1 Å². The summed E-state index contributed by atoms with van der Waals surface area (Å²) in [5.41, 5.74) is 1.54. The van der Waals surface area contributed by atoms with Crippen LogP contribution in [0.25, 0.3) is 0 Å². The minimum atomic E-state index is -5.11. The summed E-state index contributed by atoms with van der Waals surface area (Å²) in [6.07, 6.45) is -2.83. The number of fused-ring (bicyclic) bond motifs is 1. The van der Waals surface area contributed by atoms with Gasteiger partial charge in [-0.05, 0) is 43.4 Å². The van der Waals surface area contributed by atoms with Crippen LogP contribution in [-0.4, -0.2) is 44.9 Å². The summed E-state index contributed by atoms with van der Waals surface area (Å²) in [6.45, 7) is 0.604. The fraction of sp³-hybridized carbons (Fsp3) is 0.400. The first kappa shape index (κ1) is 28.6. The van der Waals surface area contributed by atoms with Crippen LogP contribution in [0.1, 0.15) is 53.7 Å². The van der Waals surface area contributed by atoms with Crippen LogP contribution in [0, 0.1) is 0 Å². The Kier molecular flexibility index (Phi) is 8.96. The molecule has 0 bridgehead atoms. The van der Waals surface area contributed by atoms with Crippen molar-refractivity contribution in [3.8, 4) is 5.75 Å². The Balaban J connectivity index is 1.41. The number of nitrogens with one attached hydrogen (secondary N) is 1. The number of nitrogens with zero attached hydrogens (tertiary/aromatic N) is 3. The smallest absolute Gasteiger partial charge is 0.481 e. The summed E-state index contributed by atoms with van der Waals surface area (Å²) in [5.74, 6) is -2.88. The highest BCUT2D eigenvalue weighted by molar-refractivity contribution is 6.42. The van der Waals surface area contributed by atoms with E-state index in [4.69, 9.17) is 27.7 Å². The lowest BCUT2D eigenvalue weighted by Crippen LogP contribution is -2.29. The monoisotopic (exact) mass is 586 g/mol. The second-order valence-electron chi connectivity index (χ2n) is 8.99. The van der Waals surface area contributed by atoms with Crippen molar-refractivity contribution in [3.05, 3.63) is 62.8 Å². The molecule has 4 rings (SSSR count). The van der Waals surface area contributed by atoms with Crippen LogP contribution in [0.3, 0.4) is 0 Å². The van der Waals surface area contributed by atoms with Crippen molar-refractivity contribution in [2.24, 2.45) is 0 Å². The topological polar surface area (TPSA) is 127 Å². The van der Waals surface area contributed by atoms with E-state index in [1.807, 2.05) is 0 Å². The number of halogens is 5. The molecular formula is C25H23Cl2F3N4O5. The number of alkyl halides is 3. The fourth-order valence-electron chi connectivity index (χ4n) is 4.23. The zero-order chi connectivity index (χ0) is 28.2. The number of aliphatic carboxylic acids is 1. The lowest BCUT2D eigenvalue weighted by molar-refractivity contribution is -0.189. The molecule has 9 nitrogen and oxygen atoms in total. The third-order valence-corrected chi connectivity index (χ3v) is 6.81. The van der Waals surface area contributed by atoms with E-state index in [0.29, 0.717) is 77.2 Å². The maximum Gasteiger partial charge on any atom is 0.491 e. The van der Waals surface area contributed by atoms with Crippen molar-refractivity contribution in [1.82, 2.24) is 15.1 Å². The first-order chi connectivity index (χ1) is 18.5. The summed E-state index contributed by atoms with van der Waals surface area (Å²) in [6, 6.07) is 6.24. The number of carbonyl (C=O) groups excluding carboxylic acids is 1. The molecule has 2 N–H and O–H groups in total. The summed E-state index contributed by atoms with van der Waals surface area (Å²) in [5, 5.41) is 17.0. The van der Waals surface area contributed by atoms with Crippen LogP contribution in [0.5, 0.6) is 5.75 Å². The van der Waals surface area contributed by atoms with E-state index in [9.17, 15) is 27.9 Å². The van der Waals surface area contributed by atoms with Crippen molar-refractivity contribution in [2.45, 2.75) is 57.0 Å². The zero-order valence-corrected chi connectivity index (χ0v) is 21.9. The highest BCUT2D eigenvalue weighted by Crippen LogP contribution is 2.33. The first-order valence-corrected chi connectivity index (χ1v) is 12.8. The van der Waals surface area contributed by atoms with E-state index in [-0.39, 0.29) is 24.5 Å². The third kappa shape index (κ3) is 7.60. The molecule has 14 heteroatoms. The van der Waals surface area contributed by atoms with Gasteiger partial charge in [0, 0.05) is 42.6 Å². The van der Waals surface area contributed by atoms with Gasteiger partial charge in [-0.25, -0.2) is 9.78 Å². The maximum atomic E-state index is 12.8. The van der Waals surface area contributed by atoms with Gasteiger partial charge in [0.25, 0.3) is 0 Å². The van der Waals surface area contributed by atoms with Crippen LogP contribution in [-0.2, 0) is 35.3 Å². The second-order valence-corrected chi connectivity index (χ2v) is 9.80. The Hall–Kier alpha value is -3.38. The van der Waals surface area contributed by atoms with Crippen LogP contribution in [0.4, 0.5) is 19.0 Å². The van der Waals surface area contributed by atoms with Gasteiger partial charge in [0.15, 0.2) is 5.82 Å². The number of rotatable bonds is 10. The quantitative estimate of drug-likeness (QED) is 0.293. The second kappa shape index (κ2) is 12.2. The van der Waals surface area contributed by atoms with E-state index >= 15 is 0 Å². The molecule has 0 spiro atoms. The largest absolute Gasteiger partial charge is 0.491 e. The molecule has 208 valence electrons. The molecule has 1 aliphatic heterocycles. The Morgan fingerprint density at radius 3 is 2.67 bits per heavy atom. The number of esters is 1. The molecule has 0 aliphatic carbocycles. The average molecular weight is 587 g/mol. The van der Waals surface area contributed by atoms with Crippen LogP contribution in [0.15, 0.2) is 28.8 Å². The molecular weight excluding hydrogens is 564 g/mol. The average Bonchev–Trinajstić information content (AvgIpc) is 3.31. The molecule has 2 aromatic heterocycles. The van der Waals surface area contributed by atoms with Gasteiger partial charge in [-0.2, -0.15) is 18.2 Å². The van der Waals surface area contributed by atoms with Crippen molar-refractivity contribution in [3.63, 3.8) is 0 Å². The Labute approximate surface area is 230 Å². The minimum absolute atomic E-state index is 0.154. The van der Waals surface area contributed by atoms with E-state index in [1.54, 1.807) is 18.2 Å². The fourth-order valence-corrected chi connectivity index (χ4v) is 4.54. The standard InChI is InChI=1S/C25H23Cl2F3N4O5/c26-17-7-6-13(9-18(17)27)14(11-22(35)36)10-21-33-20(34-39-21)5-1-3-15-12-19(38-24(37)25(28,29)30)16-4-2-8-31-23(16)32-15/h6-7,9,12,14H,1-5,8,10-11H2,(H,31,32)(H,35,36). The molecule has 0 saturated carbocycles. The summed E-state index contributed by atoms with van der Waals surface area (Å²) in [4.78, 5) is 31.7. The molecule has 39 heavy (non-hydrogen) atoms. The highest BCUT2D eigenvalue weighted by atomic mass is 35.5. The molecule has 0 radical (unpaired) electrons. The molecule has 3 aromatic rings. The molecule has 1 atom stereocenters. The van der Waals surface area contributed by atoms with Crippen molar-refractivity contribution in [2.75, 3.05) is 11.9 Å².